The summed E-state index contributed by atoms with van der Waals surface area (Å²) in [6, 6.07) is 3.87. The van der Waals surface area contributed by atoms with Crippen molar-refractivity contribution in [1.29, 1.82) is 0 Å². The van der Waals surface area contributed by atoms with Crippen molar-refractivity contribution in [2.75, 3.05) is 5.32 Å². The second-order valence-corrected chi connectivity index (χ2v) is 5.97. The molecule has 0 aliphatic rings. The van der Waals surface area contributed by atoms with Gasteiger partial charge in [0.2, 0.25) is 5.91 Å². The molecule has 1 heterocycles. The van der Waals surface area contributed by atoms with Gasteiger partial charge in [-0.15, -0.1) is 5.10 Å². The molecule has 3 N–H and O–H groups in total. The topological polar surface area (TPSA) is 85.8 Å². The van der Waals surface area contributed by atoms with E-state index in [9.17, 15) is 4.79 Å². The maximum atomic E-state index is 12.0. The van der Waals surface area contributed by atoms with Gasteiger partial charge in [-0.2, -0.15) is 0 Å². The van der Waals surface area contributed by atoms with Gasteiger partial charge in [0, 0.05) is 15.5 Å². The van der Waals surface area contributed by atoms with Crippen LogP contribution in [0.15, 0.2) is 27.3 Å². The van der Waals surface area contributed by atoms with Gasteiger partial charge >= 0.3 is 0 Å². The lowest BCUT2D eigenvalue weighted by Gasteiger charge is -2.10. The molecule has 0 saturated carbocycles. The number of benzene rings is 1. The van der Waals surface area contributed by atoms with Crippen molar-refractivity contribution in [2.24, 2.45) is 5.73 Å². The van der Waals surface area contributed by atoms with Gasteiger partial charge in [0.25, 0.3) is 0 Å². The van der Waals surface area contributed by atoms with E-state index in [1.807, 2.05) is 19.1 Å². The summed E-state index contributed by atoms with van der Waals surface area (Å²) in [6.45, 7) is 2.36. The zero-order valence-electron chi connectivity index (χ0n) is 10.7. The molecule has 0 atom stereocenters. The highest BCUT2D eigenvalue weighted by molar-refractivity contribution is 9.11. The number of carbonyl (C=O) groups is 1. The number of nitrogens with zero attached hydrogens (tertiary/aromatic N) is 3. The molecule has 0 unspecified atom stereocenters. The summed E-state index contributed by atoms with van der Waals surface area (Å²) in [6.07, 6.45) is 1.65. The van der Waals surface area contributed by atoms with Crippen molar-refractivity contribution in [3.63, 3.8) is 0 Å². The van der Waals surface area contributed by atoms with E-state index in [1.165, 1.54) is 4.68 Å². The molecule has 0 aliphatic heterocycles. The lowest BCUT2D eigenvalue weighted by molar-refractivity contribution is -0.116. The van der Waals surface area contributed by atoms with E-state index in [4.69, 9.17) is 5.73 Å². The van der Waals surface area contributed by atoms with E-state index in [-0.39, 0.29) is 12.5 Å². The molecule has 106 valence electrons. The minimum atomic E-state index is -0.191. The minimum absolute atomic E-state index is 0.0831. The fourth-order valence-electron chi connectivity index (χ4n) is 1.65. The van der Waals surface area contributed by atoms with E-state index in [0.29, 0.717) is 17.9 Å². The highest BCUT2D eigenvalue weighted by Crippen LogP contribution is 2.32. The van der Waals surface area contributed by atoms with Crippen molar-refractivity contribution in [1.82, 2.24) is 15.0 Å². The molecule has 2 aromatic rings. The van der Waals surface area contributed by atoms with Gasteiger partial charge in [-0.25, -0.2) is 4.68 Å². The molecule has 0 fully saturated rings. The standard InChI is InChI=1S/C12H13Br2N5O/c1-7-2-9(13)12(10(14)3-7)16-11(20)6-19-5-8(4-15)17-18-19/h2-3,5H,4,6,15H2,1H3,(H,16,20). The van der Waals surface area contributed by atoms with Gasteiger partial charge in [0.1, 0.15) is 6.54 Å². The van der Waals surface area contributed by atoms with Crippen LogP contribution in [-0.2, 0) is 17.9 Å². The van der Waals surface area contributed by atoms with Gasteiger partial charge < -0.3 is 11.1 Å². The van der Waals surface area contributed by atoms with Crippen LogP contribution in [0.2, 0.25) is 0 Å². The molecule has 0 aliphatic carbocycles. The second kappa shape index (κ2) is 6.47. The Morgan fingerprint density at radius 3 is 2.60 bits per heavy atom. The van der Waals surface area contributed by atoms with Crippen LogP contribution in [0.5, 0.6) is 0 Å². The lowest BCUT2D eigenvalue weighted by Crippen LogP contribution is -2.19. The zero-order valence-corrected chi connectivity index (χ0v) is 13.9. The maximum Gasteiger partial charge on any atom is 0.246 e. The fraction of sp³-hybridized carbons (Fsp3) is 0.250. The Kier molecular flexibility index (Phi) is 4.90. The normalized spacial score (nSPS) is 10.6. The smallest absolute Gasteiger partial charge is 0.246 e. The first-order valence-electron chi connectivity index (χ1n) is 5.84. The van der Waals surface area contributed by atoms with Crippen molar-refractivity contribution in [3.8, 4) is 0 Å². The Morgan fingerprint density at radius 2 is 2.05 bits per heavy atom. The Morgan fingerprint density at radius 1 is 1.40 bits per heavy atom. The second-order valence-electron chi connectivity index (χ2n) is 4.26. The molecule has 0 radical (unpaired) electrons. The molecule has 2 rings (SSSR count). The Bertz CT molecular complexity index is 618. The summed E-state index contributed by atoms with van der Waals surface area (Å²) in [7, 11) is 0. The summed E-state index contributed by atoms with van der Waals surface area (Å²) >= 11 is 6.86. The SMILES string of the molecule is Cc1cc(Br)c(NC(=O)Cn2cc(CN)nn2)c(Br)c1. The Balaban J connectivity index is 2.08. The summed E-state index contributed by atoms with van der Waals surface area (Å²) in [5, 5.41) is 10.5. The largest absolute Gasteiger partial charge is 0.325 e. The molecule has 0 saturated heterocycles. The number of nitrogens with two attached hydrogens (primary N) is 1. The summed E-state index contributed by atoms with van der Waals surface area (Å²) in [5.41, 5.74) is 7.87. The first-order valence-corrected chi connectivity index (χ1v) is 7.42. The van der Waals surface area contributed by atoms with Crippen molar-refractivity contribution >= 4 is 43.5 Å². The van der Waals surface area contributed by atoms with Gasteiger partial charge in [0.05, 0.1) is 17.6 Å². The van der Waals surface area contributed by atoms with Crippen LogP contribution < -0.4 is 11.1 Å². The zero-order chi connectivity index (χ0) is 14.7. The predicted molar refractivity (Wildman–Crippen MR) is 83.1 cm³/mol. The van der Waals surface area contributed by atoms with E-state index in [1.54, 1.807) is 6.20 Å². The van der Waals surface area contributed by atoms with E-state index in [2.05, 4.69) is 47.5 Å². The Labute approximate surface area is 133 Å². The van der Waals surface area contributed by atoms with Crippen LogP contribution in [0.4, 0.5) is 5.69 Å². The summed E-state index contributed by atoms with van der Waals surface area (Å²) < 4.78 is 3.09. The van der Waals surface area contributed by atoms with E-state index >= 15 is 0 Å². The molecular formula is C12H13Br2N5O. The molecule has 1 amide bonds. The van der Waals surface area contributed by atoms with Crippen LogP contribution in [0, 0.1) is 6.92 Å². The monoisotopic (exact) mass is 401 g/mol. The van der Waals surface area contributed by atoms with Gasteiger partial charge in [-0.05, 0) is 56.5 Å². The van der Waals surface area contributed by atoms with E-state index in [0.717, 1.165) is 14.5 Å². The number of aromatic nitrogens is 3. The average Bonchev–Trinajstić information content (AvgIpc) is 2.81. The van der Waals surface area contributed by atoms with Gasteiger partial charge in [-0.3, -0.25) is 4.79 Å². The number of anilines is 1. The van der Waals surface area contributed by atoms with E-state index < -0.39 is 0 Å². The number of amides is 1. The third-order valence-electron chi connectivity index (χ3n) is 2.55. The third-order valence-corrected chi connectivity index (χ3v) is 3.80. The number of nitrogens with one attached hydrogen (secondary N) is 1. The van der Waals surface area contributed by atoms with Crippen LogP contribution in [-0.4, -0.2) is 20.9 Å². The number of halogens is 2. The van der Waals surface area contributed by atoms with Crippen LogP contribution in [0.25, 0.3) is 0 Å². The number of hydrogen-bond acceptors (Lipinski definition) is 4. The summed E-state index contributed by atoms with van der Waals surface area (Å²) in [4.78, 5) is 12.0. The molecule has 1 aromatic carbocycles. The molecule has 0 bridgehead atoms. The highest BCUT2D eigenvalue weighted by Gasteiger charge is 2.11. The first kappa shape index (κ1) is 15.1. The van der Waals surface area contributed by atoms with Crippen molar-refractivity contribution < 1.29 is 4.79 Å². The van der Waals surface area contributed by atoms with Crippen LogP contribution in [0.3, 0.4) is 0 Å². The lowest BCUT2D eigenvalue weighted by atomic mass is 10.2. The predicted octanol–water partition coefficient (Wildman–Crippen LogP) is 2.21. The number of aryl methyl sites for hydroxylation is 1. The first-order chi connectivity index (χ1) is 9.49. The van der Waals surface area contributed by atoms with Crippen molar-refractivity contribution in [3.05, 3.63) is 38.5 Å². The van der Waals surface area contributed by atoms with Gasteiger partial charge in [-0.1, -0.05) is 5.21 Å². The maximum absolute atomic E-state index is 12.0. The average molecular weight is 403 g/mol. The summed E-state index contributed by atoms with van der Waals surface area (Å²) in [5.74, 6) is -0.191. The van der Waals surface area contributed by atoms with Gasteiger partial charge in [0.15, 0.2) is 0 Å². The highest BCUT2D eigenvalue weighted by atomic mass is 79.9. The molecule has 1 aromatic heterocycles. The molecule has 6 nitrogen and oxygen atoms in total. The molecule has 8 heteroatoms. The number of hydrogen-bond donors (Lipinski definition) is 2. The van der Waals surface area contributed by atoms with Crippen LogP contribution >= 0.6 is 31.9 Å². The van der Waals surface area contributed by atoms with Crippen molar-refractivity contribution in [2.45, 2.75) is 20.0 Å². The molecule has 0 spiro atoms. The number of rotatable bonds is 4. The third kappa shape index (κ3) is 3.65. The Hall–Kier alpha value is -1.25. The molecular weight excluding hydrogens is 390 g/mol. The minimum Gasteiger partial charge on any atom is -0.325 e. The molecule has 20 heavy (non-hydrogen) atoms. The fourth-order valence-corrected chi connectivity index (χ4v) is 3.27. The quantitative estimate of drug-likeness (QED) is 0.820. The van der Waals surface area contributed by atoms with Crippen LogP contribution in [0.1, 0.15) is 11.3 Å². The number of carbonyl (C=O) groups excluding carboxylic acids is 1.